The van der Waals surface area contributed by atoms with Gasteiger partial charge in [-0.15, -0.1) is 0 Å². The number of amides is 2. The summed E-state index contributed by atoms with van der Waals surface area (Å²) in [4.78, 5) is 13.7. The Morgan fingerprint density at radius 1 is 1.52 bits per heavy atom. The van der Waals surface area contributed by atoms with Gasteiger partial charge in [-0.25, -0.2) is 9.18 Å². The lowest BCUT2D eigenvalue weighted by Crippen LogP contribution is -2.50. The Kier molecular flexibility index (Phi) is 5.03. The van der Waals surface area contributed by atoms with Crippen molar-refractivity contribution in [3.8, 4) is 0 Å². The van der Waals surface area contributed by atoms with Gasteiger partial charge in [0.05, 0.1) is 22.9 Å². The summed E-state index contributed by atoms with van der Waals surface area (Å²) in [5.74, 6) is -0.577. The molecule has 1 aliphatic heterocycles. The van der Waals surface area contributed by atoms with Crippen LogP contribution in [-0.4, -0.2) is 48.4 Å². The summed E-state index contributed by atoms with van der Waals surface area (Å²) in [5, 5.41) is 11.9. The summed E-state index contributed by atoms with van der Waals surface area (Å²) >= 11 is 5.81. The van der Waals surface area contributed by atoms with Crippen LogP contribution >= 0.6 is 11.6 Å². The van der Waals surface area contributed by atoms with Gasteiger partial charge in [0, 0.05) is 20.2 Å². The molecule has 116 valence electrons. The van der Waals surface area contributed by atoms with Crippen molar-refractivity contribution in [2.45, 2.75) is 18.4 Å². The number of piperidine rings is 1. The van der Waals surface area contributed by atoms with Crippen LogP contribution in [0.1, 0.15) is 12.8 Å². The number of aliphatic hydroxyl groups is 1. The van der Waals surface area contributed by atoms with E-state index < -0.39 is 11.4 Å². The Balaban J connectivity index is 1.98. The van der Waals surface area contributed by atoms with Crippen LogP contribution < -0.4 is 5.32 Å². The van der Waals surface area contributed by atoms with Crippen LogP contribution in [0.5, 0.6) is 0 Å². The summed E-state index contributed by atoms with van der Waals surface area (Å²) in [6.07, 6.45) is 1.09. The Hall–Kier alpha value is -1.37. The number of anilines is 1. The summed E-state index contributed by atoms with van der Waals surface area (Å²) in [7, 11) is 1.55. The number of carbonyl (C=O) groups is 1. The zero-order valence-corrected chi connectivity index (χ0v) is 12.5. The first-order valence-corrected chi connectivity index (χ1v) is 7.05. The third-order valence-electron chi connectivity index (χ3n) is 3.88. The molecule has 0 aromatic heterocycles. The van der Waals surface area contributed by atoms with Gasteiger partial charge in [-0.1, -0.05) is 17.7 Å². The van der Waals surface area contributed by atoms with Gasteiger partial charge in [-0.05, 0) is 25.0 Å². The smallest absolute Gasteiger partial charge is 0.321 e. The number of rotatable bonds is 3. The lowest BCUT2D eigenvalue weighted by Gasteiger charge is -2.39. The van der Waals surface area contributed by atoms with Gasteiger partial charge in [0.15, 0.2) is 0 Å². The van der Waals surface area contributed by atoms with Crippen molar-refractivity contribution in [2.75, 3.05) is 32.1 Å². The molecule has 2 rings (SSSR count). The molecule has 1 aromatic rings. The highest BCUT2D eigenvalue weighted by atomic mass is 35.5. The number of halogens is 2. The zero-order valence-electron chi connectivity index (χ0n) is 11.7. The first-order chi connectivity index (χ1) is 10.0. The van der Waals surface area contributed by atoms with Gasteiger partial charge in [-0.2, -0.15) is 0 Å². The maximum atomic E-state index is 13.3. The maximum Gasteiger partial charge on any atom is 0.321 e. The van der Waals surface area contributed by atoms with Gasteiger partial charge in [0.25, 0.3) is 0 Å². The maximum absolute atomic E-state index is 13.3. The second-order valence-electron chi connectivity index (χ2n) is 5.06. The molecule has 0 aliphatic carbocycles. The van der Waals surface area contributed by atoms with E-state index in [0.29, 0.717) is 25.9 Å². The molecule has 1 fully saturated rings. The number of urea groups is 1. The second kappa shape index (κ2) is 6.60. The van der Waals surface area contributed by atoms with Crippen molar-refractivity contribution >= 4 is 23.3 Å². The normalized spacial score (nSPS) is 17.6. The molecule has 0 radical (unpaired) electrons. The zero-order chi connectivity index (χ0) is 15.5. The fourth-order valence-corrected chi connectivity index (χ4v) is 2.51. The molecule has 0 atom stereocenters. The molecule has 0 unspecified atom stereocenters. The topological polar surface area (TPSA) is 61.8 Å². The van der Waals surface area contributed by atoms with Crippen LogP contribution in [0, 0.1) is 5.82 Å². The first kappa shape index (κ1) is 16.0. The average molecular weight is 317 g/mol. The number of likely N-dealkylation sites (tertiary alicyclic amines) is 1. The van der Waals surface area contributed by atoms with E-state index in [4.69, 9.17) is 16.3 Å². The van der Waals surface area contributed by atoms with E-state index in [1.54, 1.807) is 18.1 Å². The van der Waals surface area contributed by atoms with Gasteiger partial charge in [0.1, 0.15) is 5.82 Å². The molecular weight excluding hydrogens is 299 g/mol. The van der Waals surface area contributed by atoms with Crippen LogP contribution in [0.15, 0.2) is 18.2 Å². The highest BCUT2D eigenvalue weighted by Gasteiger charge is 2.35. The largest absolute Gasteiger partial charge is 0.393 e. The van der Waals surface area contributed by atoms with Crippen molar-refractivity contribution in [1.82, 2.24) is 4.90 Å². The van der Waals surface area contributed by atoms with Gasteiger partial charge >= 0.3 is 6.03 Å². The SMILES string of the molecule is COC1(CO)CCN(C(=O)Nc2cccc(F)c2Cl)CC1. The lowest BCUT2D eigenvalue weighted by atomic mass is 9.92. The number of carbonyl (C=O) groups excluding carboxylic acids is 1. The predicted octanol–water partition coefficient (Wildman–Crippen LogP) is 2.48. The number of hydrogen-bond donors (Lipinski definition) is 2. The fourth-order valence-electron chi connectivity index (χ4n) is 2.34. The fraction of sp³-hybridized carbons (Fsp3) is 0.500. The van der Waals surface area contributed by atoms with E-state index in [1.165, 1.54) is 12.1 Å². The monoisotopic (exact) mass is 316 g/mol. The number of nitrogens with zero attached hydrogens (tertiary/aromatic N) is 1. The number of methoxy groups -OCH3 is 1. The van der Waals surface area contributed by atoms with E-state index in [0.717, 1.165) is 0 Å². The molecule has 1 aromatic carbocycles. The predicted molar refractivity (Wildman–Crippen MR) is 78.1 cm³/mol. The van der Waals surface area contributed by atoms with Crippen LogP contribution in [0.3, 0.4) is 0 Å². The Bertz CT molecular complexity index is 513. The minimum atomic E-state index is -0.577. The van der Waals surface area contributed by atoms with Gasteiger partial charge in [-0.3, -0.25) is 0 Å². The van der Waals surface area contributed by atoms with Crippen LogP contribution in [-0.2, 0) is 4.74 Å². The summed E-state index contributed by atoms with van der Waals surface area (Å²) in [6, 6.07) is 3.91. The van der Waals surface area contributed by atoms with Crippen molar-refractivity contribution in [3.05, 3.63) is 29.0 Å². The summed E-state index contributed by atoms with van der Waals surface area (Å²) in [6.45, 7) is 0.828. The number of aliphatic hydroxyl groups excluding tert-OH is 1. The van der Waals surface area contributed by atoms with E-state index in [2.05, 4.69) is 5.32 Å². The van der Waals surface area contributed by atoms with E-state index in [9.17, 15) is 14.3 Å². The molecule has 1 aliphatic rings. The standard InChI is InChI=1S/C14H18ClFN2O3/c1-21-14(9-19)5-7-18(8-6-14)13(20)17-11-4-2-3-10(16)12(11)15/h2-4,19H,5-9H2,1H3,(H,17,20). The van der Waals surface area contributed by atoms with E-state index >= 15 is 0 Å². The number of hydrogen-bond acceptors (Lipinski definition) is 3. The molecule has 7 heteroatoms. The molecule has 2 N–H and O–H groups in total. The van der Waals surface area contributed by atoms with Gasteiger partial charge in [0.2, 0.25) is 0 Å². The molecular formula is C14H18ClFN2O3. The third kappa shape index (κ3) is 3.45. The van der Waals surface area contributed by atoms with Crippen LogP contribution in [0.2, 0.25) is 5.02 Å². The number of benzene rings is 1. The van der Waals surface area contributed by atoms with Gasteiger partial charge < -0.3 is 20.1 Å². The number of nitrogens with one attached hydrogen (secondary N) is 1. The molecule has 0 spiro atoms. The highest BCUT2D eigenvalue weighted by molar-refractivity contribution is 6.33. The van der Waals surface area contributed by atoms with E-state index in [-0.39, 0.29) is 23.3 Å². The lowest BCUT2D eigenvalue weighted by molar-refractivity contribution is -0.0830. The third-order valence-corrected chi connectivity index (χ3v) is 4.26. The molecule has 21 heavy (non-hydrogen) atoms. The molecule has 0 saturated carbocycles. The molecule has 1 saturated heterocycles. The van der Waals surface area contributed by atoms with Crippen molar-refractivity contribution in [3.63, 3.8) is 0 Å². The second-order valence-corrected chi connectivity index (χ2v) is 5.44. The minimum Gasteiger partial charge on any atom is -0.393 e. The quantitative estimate of drug-likeness (QED) is 0.900. The summed E-state index contributed by atoms with van der Waals surface area (Å²) in [5.41, 5.74) is -0.333. The Morgan fingerprint density at radius 2 is 2.19 bits per heavy atom. The average Bonchev–Trinajstić information content (AvgIpc) is 2.52. The Morgan fingerprint density at radius 3 is 2.76 bits per heavy atom. The summed E-state index contributed by atoms with van der Waals surface area (Å²) < 4.78 is 18.7. The molecule has 2 amide bonds. The van der Waals surface area contributed by atoms with Crippen LogP contribution in [0.25, 0.3) is 0 Å². The van der Waals surface area contributed by atoms with E-state index in [1.807, 2.05) is 0 Å². The van der Waals surface area contributed by atoms with Crippen molar-refractivity contribution in [1.29, 1.82) is 0 Å². The Labute approximate surface area is 127 Å². The molecule has 0 bridgehead atoms. The number of ether oxygens (including phenoxy) is 1. The first-order valence-electron chi connectivity index (χ1n) is 6.67. The van der Waals surface area contributed by atoms with Crippen molar-refractivity contribution in [2.24, 2.45) is 0 Å². The minimum absolute atomic E-state index is 0.0747. The van der Waals surface area contributed by atoms with Crippen LogP contribution in [0.4, 0.5) is 14.9 Å². The molecule has 5 nitrogen and oxygen atoms in total. The van der Waals surface area contributed by atoms with Crippen molar-refractivity contribution < 1.29 is 19.0 Å². The molecule has 1 heterocycles. The highest BCUT2D eigenvalue weighted by Crippen LogP contribution is 2.27.